The van der Waals surface area contributed by atoms with Crippen LogP contribution in [0.3, 0.4) is 0 Å². The Balaban J connectivity index is 0.000000218. The molecule has 0 atom stereocenters. The van der Waals surface area contributed by atoms with Gasteiger partial charge in [-0.1, -0.05) is 0 Å². The van der Waals surface area contributed by atoms with E-state index >= 15 is 0 Å². The first-order valence-corrected chi connectivity index (χ1v) is 5.40. The van der Waals surface area contributed by atoms with E-state index in [0.717, 1.165) is 13.1 Å². The molecular weight excluding hydrogens is 216 g/mol. The first-order valence-electron chi connectivity index (χ1n) is 3.39. The highest BCUT2D eigenvalue weighted by atomic mass is 80.0. The summed E-state index contributed by atoms with van der Waals surface area (Å²) in [4.78, 5) is 0. The van der Waals surface area contributed by atoms with Crippen LogP contribution < -0.4 is 19.0 Å². The van der Waals surface area contributed by atoms with Crippen LogP contribution in [0.1, 0.15) is 6.42 Å². The van der Waals surface area contributed by atoms with Crippen molar-refractivity contribution in [1.29, 1.82) is 0 Å². The fraction of sp³-hybridized carbons (Fsp3) is 1.00. The van der Waals surface area contributed by atoms with E-state index < -0.39 is 14.8 Å². The van der Waals surface area contributed by atoms with Crippen molar-refractivity contribution in [3.05, 3.63) is 0 Å². The molecule has 1 fully saturated rings. The van der Waals surface area contributed by atoms with Gasteiger partial charge < -0.3 is 19.0 Å². The second kappa shape index (κ2) is 8.38. The van der Waals surface area contributed by atoms with Crippen LogP contribution >= 0.6 is 0 Å². The molecule has 0 radical (unpaired) electrons. The standard InChI is InChI=1S/C5H12N2.BrHO3/c1-2-6-4-5-7-3-1;2-1(3)4/h6-7H,1-5H2;2H. The molecule has 1 heterocycles. The quantitative estimate of drug-likeness (QED) is 0.403. The Morgan fingerprint density at radius 1 is 1.00 bits per heavy atom. The first-order chi connectivity index (χ1) is 5.23. The second-order valence-corrected chi connectivity index (χ2v) is 2.90. The fourth-order valence-corrected chi connectivity index (χ4v) is 0.765. The van der Waals surface area contributed by atoms with Crippen LogP contribution in [0.25, 0.3) is 0 Å². The van der Waals surface area contributed by atoms with Gasteiger partial charge in [-0.2, -0.15) is 0 Å². The van der Waals surface area contributed by atoms with Gasteiger partial charge >= 0.3 is 14.8 Å². The summed E-state index contributed by atoms with van der Waals surface area (Å²) < 4.78 is 24.3. The summed E-state index contributed by atoms with van der Waals surface area (Å²) in [7, 11) is 0. The first kappa shape index (κ1) is 11.3. The van der Waals surface area contributed by atoms with E-state index in [1.54, 1.807) is 0 Å². The van der Waals surface area contributed by atoms with Crippen LogP contribution in [0.2, 0.25) is 0 Å². The van der Waals surface area contributed by atoms with E-state index in [1.165, 1.54) is 19.5 Å². The summed E-state index contributed by atoms with van der Waals surface area (Å²) in [6.07, 6.45) is 1.28. The molecule has 0 bridgehead atoms. The van der Waals surface area contributed by atoms with Gasteiger partial charge in [-0.3, -0.25) is 0 Å². The Labute approximate surface area is 71.2 Å². The Kier molecular flexibility index (Phi) is 8.59. The minimum Gasteiger partial charge on any atom is -0.372 e. The summed E-state index contributed by atoms with van der Waals surface area (Å²) in [5.41, 5.74) is 0. The highest BCUT2D eigenvalue weighted by Crippen LogP contribution is 1.75. The highest BCUT2D eigenvalue weighted by Gasteiger charge is 1.92. The third-order valence-electron chi connectivity index (χ3n) is 1.19. The highest BCUT2D eigenvalue weighted by molar-refractivity contribution is 4.57. The maximum absolute atomic E-state index is 8.63. The molecule has 1 saturated heterocycles. The zero-order valence-electron chi connectivity index (χ0n) is 6.18. The van der Waals surface area contributed by atoms with Gasteiger partial charge in [0.25, 0.3) is 0 Å². The van der Waals surface area contributed by atoms with E-state index in [4.69, 9.17) is 12.6 Å². The average molecular weight is 229 g/mol. The van der Waals surface area contributed by atoms with Crippen LogP contribution in [-0.2, 0) is 0 Å². The summed E-state index contributed by atoms with van der Waals surface area (Å²) in [5.74, 6) is 0. The predicted molar refractivity (Wildman–Crippen MR) is 32.6 cm³/mol. The van der Waals surface area contributed by atoms with Crippen molar-refractivity contribution < 1.29 is 27.4 Å². The zero-order valence-corrected chi connectivity index (χ0v) is 7.76. The van der Waals surface area contributed by atoms with E-state index in [2.05, 4.69) is 10.6 Å². The number of rotatable bonds is 0. The van der Waals surface area contributed by atoms with Gasteiger partial charge in [0, 0.05) is 13.1 Å². The molecule has 1 aliphatic heterocycles. The molecule has 3 N–H and O–H groups in total. The van der Waals surface area contributed by atoms with Crippen LogP contribution in [0.4, 0.5) is 0 Å². The lowest BCUT2D eigenvalue weighted by Gasteiger charge is -1.92. The molecule has 0 spiro atoms. The summed E-state index contributed by atoms with van der Waals surface area (Å²) >= 11 is -3.40. The minimum atomic E-state index is -3.40. The summed E-state index contributed by atoms with van der Waals surface area (Å²) in [5, 5.41) is 6.57. The molecule has 0 aliphatic carbocycles. The number of hydrogen-bond donors (Lipinski definition) is 3. The van der Waals surface area contributed by atoms with E-state index in [0.29, 0.717) is 0 Å². The molecule has 5 nitrogen and oxygen atoms in total. The lowest BCUT2D eigenvalue weighted by Crippen LogP contribution is -2.30. The predicted octanol–water partition coefficient (Wildman–Crippen LogP) is -3.37. The maximum atomic E-state index is 8.63. The molecule has 6 heteroatoms. The molecule has 0 aromatic heterocycles. The summed E-state index contributed by atoms with van der Waals surface area (Å²) in [6.45, 7) is 4.65. The number of nitrogens with one attached hydrogen (secondary N) is 2. The van der Waals surface area contributed by atoms with E-state index in [9.17, 15) is 0 Å². The van der Waals surface area contributed by atoms with Crippen LogP contribution in [0.15, 0.2) is 0 Å². The van der Waals surface area contributed by atoms with Crippen molar-refractivity contribution >= 4 is 0 Å². The molecule has 0 aromatic rings. The number of hydrogen-bond acceptors (Lipinski definition) is 5. The molecule has 0 unspecified atom stereocenters. The minimum absolute atomic E-state index is 1.14. The van der Waals surface area contributed by atoms with Crippen molar-refractivity contribution in [2.45, 2.75) is 6.42 Å². The second-order valence-electron chi connectivity index (χ2n) is 2.05. The van der Waals surface area contributed by atoms with Gasteiger partial charge in [0.1, 0.15) is 0 Å². The zero-order chi connectivity index (χ0) is 8.53. The van der Waals surface area contributed by atoms with Gasteiger partial charge in [0.2, 0.25) is 0 Å². The van der Waals surface area contributed by atoms with Crippen molar-refractivity contribution in [1.82, 2.24) is 10.6 Å². The van der Waals surface area contributed by atoms with Crippen LogP contribution in [0.5, 0.6) is 0 Å². The van der Waals surface area contributed by atoms with Crippen molar-refractivity contribution in [3.8, 4) is 0 Å². The molecule has 0 amide bonds. The Hall–Kier alpha value is 0.280. The SMILES string of the molecule is C1CNCCNC1.[O-][Br+2]([O-])O. The van der Waals surface area contributed by atoms with Crippen molar-refractivity contribution in [2.75, 3.05) is 26.2 Å². The van der Waals surface area contributed by atoms with E-state index in [1.807, 2.05) is 0 Å². The Morgan fingerprint density at radius 3 is 1.73 bits per heavy atom. The lowest BCUT2D eigenvalue weighted by atomic mass is 10.4. The van der Waals surface area contributed by atoms with E-state index in [-0.39, 0.29) is 0 Å². The summed E-state index contributed by atoms with van der Waals surface area (Å²) in [6, 6.07) is 0. The number of halogens is 1. The topological polar surface area (TPSA) is 90.4 Å². The van der Waals surface area contributed by atoms with Gasteiger partial charge in [-0.25, -0.2) is 0 Å². The van der Waals surface area contributed by atoms with Gasteiger partial charge in [0.05, 0.1) is 0 Å². The molecule has 11 heavy (non-hydrogen) atoms. The molecule has 0 aromatic carbocycles. The van der Waals surface area contributed by atoms with Crippen LogP contribution in [-0.4, -0.2) is 30.4 Å². The molecular formula is C5H13BrN2O3. The average Bonchev–Trinajstić information content (AvgIpc) is 2.13. The van der Waals surface area contributed by atoms with Gasteiger partial charge in [0.15, 0.2) is 0 Å². The molecule has 1 aliphatic rings. The third-order valence-corrected chi connectivity index (χ3v) is 1.19. The Bertz CT molecular complexity index is 61.7. The van der Waals surface area contributed by atoms with Gasteiger partial charge in [-0.15, -0.1) is 0 Å². The third kappa shape index (κ3) is 13.3. The molecule has 0 saturated carbocycles. The van der Waals surface area contributed by atoms with Crippen molar-refractivity contribution in [3.63, 3.8) is 0 Å². The molecule has 68 valence electrons. The van der Waals surface area contributed by atoms with Crippen LogP contribution in [0, 0.1) is 14.8 Å². The normalized spacial score (nSPS) is 18.5. The van der Waals surface area contributed by atoms with Crippen molar-refractivity contribution in [2.24, 2.45) is 0 Å². The molecule has 1 rings (SSSR count). The Morgan fingerprint density at radius 2 is 1.36 bits per heavy atom. The lowest BCUT2D eigenvalue weighted by molar-refractivity contribution is -1.63. The maximum Gasteiger partial charge on any atom is 0.433 e. The fourth-order valence-electron chi connectivity index (χ4n) is 0.765. The monoisotopic (exact) mass is 228 g/mol. The van der Waals surface area contributed by atoms with Gasteiger partial charge in [-0.05, 0) is 23.7 Å². The smallest absolute Gasteiger partial charge is 0.372 e. The largest absolute Gasteiger partial charge is 0.433 e.